The summed E-state index contributed by atoms with van der Waals surface area (Å²) in [7, 11) is -2.26. The van der Waals surface area contributed by atoms with Crippen molar-refractivity contribution in [1.29, 1.82) is 0 Å². The van der Waals surface area contributed by atoms with Gasteiger partial charge < -0.3 is 34.2 Å². The van der Waals surface area contributed by atoms with Crippen LogP contribution in [-0.2, 0) is 33.0 Å². The lowest BCUT2D eigenvalue weighted by molar-refractivity contribution is -0.157. The van der Waals surface area contributed by atoms with Crippen LogP contribution in [-0.4, -0.2) is 73.7 Å². The molecule has 1 saturated heterocycles. The number of carbonyl (C=O) groups is 3. The molecule has 0 spiro atoms. The van der Waals surface area contributed by atoms with Crippen molar-refractivity contribution in [2.45, 2.75) is 162 Å². The molecular formula is C37H63NO9Si. The number of primary amides is 1. The highest BCUT2D eigenvalue weighted by Crippen LogP contribution is 2.39. The Labute approximate surface area is 289 Å². The molecule has 1 amide bonds. The molecular weight excluding hydrogens is 630 g/mol. The van der Waals surface area contributed by atoms with Gasteiger partial charge in [0, 0.05) is 18.8 Å². The van der Waals surface area contributed by atoms with E-state index >= 15 is 0 Å². The van der Waals surface area contributed by atoms with Crippen LogP contribution in [0, 0.1) is 17.8 Å². The minimum atomic E-state index is -2.26. The number of esters is 2. The number of epoxide rings is 1. The van der Waals surface area contributed by atoms with Gasteiger partial charge in [-0.3, -0.25) is 9.59 Å². The van der Waals surface area contributed by atoms with Crippen molar-refractivity contribution in [3.63, 3.8) is 0 Å². The molecule has 10 nitrogen and oxygen atoms in total. The average molecular weight is 694 g/mol. The van der Waals surface area contributed by atoms with Gasteiger partial charge in [-0.05, 0) is 75.2 Å². The van der Waals surface area contributed by atoms with Crippen molar-refractivity contribution in [3.8, 4) is 0 Å². The summed E-state index contributed by atoms with van der Waals surface area (Å²) in [5, 5.41) is 11.4. The molecule has 11 heteroatoms. The lowest BCUT2D eigenvalue weighted by Crippen LogP contribution is -2.46. The predicted molar refractivity (Wildman–Crippen MR) is 190 cm³/mol. The normalized spacial score (nSPS) is 31.2. The fourth-order valence-corrected chi connectivity index (χ4v) is 7.37. The monoisotopic (exact) mass is 693 g/mol. The summed E-state index contributed by atoms with van der Waals surface area (Å²) in [6, 6.07) is 0. The van der Waals surface area contributed by atoms with E-state index in [2.05, 4.69) is 46.9 Å². The number of cyclic esters (lactones) is 1. The molecule has 3 N–H and O–H groups in total. The smallest absolute Gasteiger partial charge is 0.404 e. The summed E-state index contributed by atoms with van der Waals surface area (Å²) in [5.41, 5.74) is 4.71. The van der Waals surface area contributed by atoms with Gasteiger partial charge in [0.15, 0.2) is 8.32 Å². The highest BCUT2D eigenvalue weighted by Gasteiger charge is 2.46. The molecule has 2 aliphatic heterocycles. The minimum Gasteiger partial charge on any atom is -0.457 e. The van der Waals surface area contributed by atoms with Crippen LogP contribution < -0.4 is 5.73 Å². The van der Waals surface area contributed by atoms with E-state index < -0.39 is 44.3 Å². The number of hydrogen-bond donors (Lipinski definition) is 2. The van der Waals surface area contributed by atoms with E-state index in [-0.39, 0.29) is 59.9 Å². The van der Waals surface area contributed by atoms with Gasteiger partial charge in [-0.25, -0.2) is 4.79 Å². The van der Waals surface area contributed by atoms with Gasteiger partial charge in [0.2, 0.25) is 0 Å². The first-order valence-electron chi connectivity index (χ1n) is 17.5. The van der Waals surface area contributed by atoms with E-state index in [4.69, 9.17) is 29.1 Å². The first-order chi connectivity index (χ1) is 22.1. The molecule has 10 atom stereocenters. The highest BCUT2D eigenvalue weighted by molar-refractivity contribution is 6.74. The van der Waals surface area contributed by atoms with Crippen molar-refractivity contribution in [1.82, 2.24) is 0 Å². The van der Waals surface area contributed by atoms with E-state index in [1.165, 1.54) is 6.92 Å². The van der Waals surface area contributed by atoms with Gasteiger partial charge in [0.25, 0.3) is 0 Å². The molecule has 10 unspecified atom stereocenters. The summed E-state index contributed by atoms with van der Waals surface area (Å²) in [6.45, 7) is 23.6. The number of aliphatic hydroxyl groups is 1. The molecule has 48 heavy (non-hydrogen) atoms. The second-order valence-corrected chi connectivity index (χ2v) is 20.4. The third-order valence-corrected chi connectivity index (χ3v) is 14.6. The average Bonchev–Trinajstić information content (AvgIpc) is 3.72. The number of hydrogen-bond acceptors (Lipinski definition) is 9. The first-order valence-corrected chi connectivity index (χ1v) is 20.4. The predicted octanol–water partition coefficient (Wildman–Crippen LogP) is 7.15. The van der Waals surface area contributed by atoms with Crippen molar-refractivity contribution in [2.24, 2.45) is 23.5 Å². The Bertz CT molecular complexity index is 1190. The second kappa shape index (κ2) is 17.5. The zero-order valence-corrected chi connectivity index (χ0v) is 32.4. The van der Waals surface area contributed by atoms with Crippen molar-refractivity contribution >= 4 is 26.3 Å². The summed E-state index contributed by atoms with van der Waals surface area (Å²) in [4.78, 5) is 36.7. The molecule has 0 aromatic carbocycles. The van der Waals surface area contributed by atoms with Gasteiger partial charge >= 0.3 is 18.0 Å². The molecule has 274 valence electrons. The van der Waals surface area contributed by atoms with Crippen LogP contribution in [0.5, 0.6) is 0 Å². The molecule has 2 aliphatic rings. The molecule has 1 fully saturated rings. The van der Waals surface area contributed by atoms with Crippen molar-refractivity contribution in [3.05, 3.63) is 36.0 Å². The minimum absolute atomic E-state index is 0.0201. The standard InChI is InChI=1S/C37H63NO9Si/c1-13-29(45-35(38)41)26(5)34-30(44-34)21-23(2)15-14-16-24(3)33-25(4)17-18-31(43-27(6)39)37(10,42)20-19-28(22-32(40)46-33)47-48(11,12)36(7,8)9/h14-18,23,25-26,28-31,33-34,42H,13,19-22H2,1-12H3,(H2,38,41). The van der Waals surface area contributed by atoms with E-state index in [9.17, 15) is 19.5 Å². The Kier molecular flexibility index (Phi) is 15.2. The fraction of sp³-hybridized carbons (Fsp3) is 0.757. The molecule has 2 heterocycles. The van der Waals surface area contributed by atoms with Gasteiger partial charge in [0.05, 0.1) is 24.7 Å². The lowest BCUT2D eigenvalue weighted by atomic mass is 9.88. The fourth-order valence-electron chi connectivity index (χ4n) is 5.98. The van der Waals surface area contributed by atoms with E-state index in [0.717, 1.165) is 12.0 Å². The lowest BCUT2D eigenvalue weighted by Gasteiger charge is -2.40. The van der Waals surface area contributed by atoms with Gasteiger partial charge in [-0.1, -0.05) is 72.8 Å². The van der Waals surface area contributed by atoms with Crippen LogP contribution in [0.15, 0.2) is 36.0 Å². The number of ether oxygens (including phenoxy) is 4. The topological polar surface area (TPSA) is 147 Å². The maximum Gasteiger partial charge on any atom is 0.404 e. The number of nitrogens with two attached hydrogens (primary N) is 1. The number of rotatable bonds is 12. The van der Waals surface area contributed by atoms with Crippen LogP contribution in [0.2, 0.25) is 18.1 Å². The van der Waals surface area contributed by atoms with E-state index in [1.807, 2.05) is 45.9 Å². The molecule has 0 aliphatic carbocycles. The number of carbonyl (C=O) groups excluding carboxylic acids is 3. The zero-order valence-electron chi connectivity index (χ0n) is 31.4. The SMILES string of the molecule is CCC(OC(N)=O)C(C)C1OC1CC(C)C=CC=C(C)C1OC(=O)CC(O[Si](C)(C)C(C)(C)C)CCC(C)(O)C(OC(C)=O)C=CC1C. The summed E-state index contributed by atoms with van der Waals surface area (Å²) in [6.07, 6.45) is 8.91. The number of allylic oxidation sites excluding steroid dienone is 3. The van der Waals surface area contributed by atoms with Gasteiger partial charge in [0.1, 0.15) is 23.9 Å². The Morgan fingerprint density at radius 1 is 1.21 bits per heavy atom. The van der Waals surface area contributed by atoms with Gasteiger partial charge in [-0.2, -0.15) is 0 Å². The zero-order chi connectivity index (χ0) is 36.6. The van der Waals surface area contributed by atoms with E-state index in [1.54, 1.807) is 13.0 Å². The molecule has 0 aromatic heterocycles. The summed E-state index contributed by atoms with van der Waals surface area (Å²) >= 11 is 0. The molecule has 2 rings (SSSR count). The summed E-state index contributed by atoms with van der Waals surface area (Å²) in [5.74, 6) is -0.863. The third kappa shape index (κ3) is 12.8. The van der Waals surface area contributed by atoms with Crippen LogP contribution >= 0.6 is 0 Å². The molecule has 0 aromatic rings. The van der Waals surface area contributed by atoms with Gasteiger partial charge in [-0.15, -0.1) is 0 Å². The van der Waals surface area contributed by atoms with Crippen molar-refractivity contribution in [2.75, 3.05) is 0 Å². The molecule has 0 bridgehead atoms. The Balaban J connectivity index is 2.25. The first kappa shape index (κ1) is 41.7. The Hall–Kier alpha value is -2.47. The summed E-state index contributed by atoms with van der Waals surface area (Å²) < 4.78 is 29.6. The maximum atomic E-state index is 13.5. The van der Waals surface area contributed by atoms with Crippen LogP contribution in [0.25, 0.3) is 0 Å². The maximum absolute atomic E-state index is 13.5. The van der Waals surface area contributed by atoms with Crippen molar-refractivity contribution < 1.29 is 42.9 Å². The molecule has 0 saturated carbocycles. The highest BCUT2D eigenvalue weighted by atomic mass is 28.4. The third-order valence-electron chi connectivity index (χ3n) is 10.1. The molecule has 0 radical (unpaired) electrons. The van der Waals surface area contributed by atoms with Crippen LogP contribution in [0.1, 0.15) is 101 Å². The quantitative estimate of drug-likeness (QED) is 0.0543. The van der Waals surface area contributed by atoms with Crippen LogP contribution in [0.3, 0.4) is 0 Å². The number of amides is 1. The second-order valence-electron chi connectivity index (χ2n) is 15.7. The Morgan fingerprint density at radius 2 is 1.85 bits per heavy atom. The van der Waals surface area contributed by atoms with E-state index in [0.29, 0.717) is 12.8 Å². The Morgan fingerprint density at radius 3 is 2.42 bits per heavy atom. The largest absolute Gasteiger partial charge is 0.457 e. The van der Waals surface area contributed by atoms with Crippen LogP contribution in [0.4, 0.5) is 4.79 Å².